The number of benzene rings is 2. The van der Waals surface area contributed by atoms with Crippen LogP contribution in [0.3, 0.4) is 0 Å². The van der Waals surface area contributed by atoms with E-state index in [1.54, 1.807) is 0 Å². The fourth-order valence-corrected chi connectivity index (χ4v) is 4.89. The maximum atomic E-state index is 14.3. The third-order valence-electron chi connectivity index (χ3n) is 7.31. The minimum absolute atomic E-state index is 0.0315. The number of rotatable bonds is 13. The van der Waals surface area contributed by atoms with Crippen molar-refractivity contribution in [2.24, 2.45) is 16.1 Å². The van der Waals surface area contributed by atoms with E-state index in [9.17, 15) is 35.9 Å². The van der Waals surface area contributed by atoms with Crippen LogP contribution < -0.4 is 11.1 Å². The van der Waals surface area contributed by atoms with Crippen molar-refractivity contribution in [1.82, 2.24) is 34.8 Å². The number of carbonyl (C=O) groups excluding carboxylic acids is 2. The second kappa shape index (κ2) is 16.7. The van der Waals surface area contributed by atoms with Gasteiger partial charge in [0.1, 0.15) is 12.9 Å². The van der Waals surface area contributed by atoms with Crippen LogP contribution in [0, 0.1) is 5.41 Å². The Morgan fingerprint density at radius 2 is 1.75 bits per heavy atom. The number of alkyl carbamates (subject to hydrolysis) is 1. The quantitative estimate of drug-likeness (QED) is 0.0849. The number of nitrogens with one attached hydrogen (secondary N) is 1. The molecule has 0 aliphatic rings. The highest BCUT2D eigenvalue weighted by Gasteiger charge is 2.32. The Labute approximate surface area is 293 Å². The highest BCUT2D eigenvalue weighted by Crippen LogP contribution is 2.32. The number of guanidine groups is 1. The fraction of sp³-hybridized carbons (Fsp3) is 0.375. The molecule has 19 heteroatoms. The molecule has 0 spiro atoms. The molecule has 2 aromatic carbocycles. The number of amides is 2. The van der Waals surface area contributed by atoms with E-state index >= 15 is 0 Å². The molecule has 12 nitrogen and oxygen atoms in total. The van der Waals surface area contributed by atoms with Crippen molar-refractivity contribution in [3.05, 3.63) is 83.2 Å². The van der Waals surface area contributed by atoms with Crippen molar-refractivity contribution in [1.29, 1.82) is 0 Å². The zero-order valence-electron chi connectivity index (χ0n) is 27.5. The first-order valence-corrected chi connectivity index (χ1v) is 15.7. The zero-order chi connectivity index (χ0) is 37.5. The van der Waals surface area contributed by atoms with Gasteiger partial charge in [-0.2, -0.15) is 19.0 Å². The van der Waals surface area contributed by atoms with Crippen LogP contribution in [0.1, 0.15) is 68.0 Å². The smallest absolute Gasteiger partial charge is 0.407 e. The molecule has 3 N–H and O–H groups in total. The van der Waals surface area contributed by atoms with E-state index < -0.39 is 56.4 Å². The van der Waals surface area contributed by atoms with Crippen molar-refractivity contribution in [2.75, 3.05) is 19.7 Å². The number of aromatic nitrogens is 5. The minimum atomic E-state index is -3.04. The number of ether oxygens (including phenoxy) is 1. The molecule has 0 aliphatic carbocycles. The lowest BCUT2D eigenvalue weighted by Gasteiger charge is -2.32. The van der Waals surface area contributed by atoms with Gasteiger partial charge < -0.3 is 15.8 Å². The topological polar surface area (TPSA) is 146 Å². The Balaban J connectivity index is 1.81. The fourth-order valence-electron chi connectivity index (χ4n) is 4.70. The van der Waals surface area contributed by atoms with Crippen LogP contribution >= 0.6 is 11.6 Å². The standard InChI is InChI=1S/C32H34ClF6N9O3/c1-32(2,3)10-11-41-30(40)47(28(49)19-6-4-18(5-7-19)21-13-44-46(15-21)29(38)39)24(16-51-31(50)42-14-25(34)35)20-8-9-22(33)23(12-20)48-27(26(36)37)43-17-45-48/h4-9,12-13,15,17,24-26,29H,10-11,14,16H2,1-3H3,(H2,40,41)(H,42,50)/t24-/m1/s1. The molecule has 0 radical (unpaired) electrons. The van der Waals surface area contributed by atoms with Gasteiger partial charge in [-0.1, -0.05) is 50.6 Å². The summed E-state index contributed by atoms with van der Waals surface area (Å²) in [6.45, 7) is 1.52. The molecule has 1 atom stereocenters. The van der Waals surface area contributed by atoms with Gasteiger partial charge in [0, 0.05) is 23.9 Å². The predicted octanol–water partition coefficient (Wildman–Crippen LogP) is 7.04. The van der Waals surface area contributed by atoms with Crippen LogP contribution in [0.5, 0.6) is 0 Å². The second-order valence-corrected chi connectivity index (χ2v) is 12.6. The molecule has 2 amide bonds. The number of nitrogens with two attached hydrogens (primary N) is 1. The minimum Gasteiger partial charge on any atom is -0.447 e. The lowest BCUT2D eigenvalue weighted by Crippen LogP contribution is -2.46. The van der Waals surface area contributed by atoms with Crippen LogP contribution in [0.15, 0.2) is 66.2 Å². The molecule has 51 heavy (non-hydrogen) atoms. The molecular weight excluding hydrogens is 708 g/mol. The summed E-state index contributed by atoms with van der Waals surface area (Å²) in [6.07, 6.45) is -3.36. The average molecular weight is 742 g/mol. The van der Waals surface area contributed by atoms with Crippen molar-refractivity contribution in [3.63, 3.8) is 0 Å². The molecule has 2 heterocycles. The van der Waals surface area contributed by atoms with Crippen LogP contribution in [-0.4, -0.2) is 73.5 Å². The molecule has 4 rings (SSSR count). The van der Waals surface area contributed by atoms with E-state index in [1.165, 1.54) is 48.7 Å². The largest absolute Gasteiger partial charge is 0.447 e. The van der Waals surface area contributed by atoms with Crippen molar-refractivity contribution in [2.45, 2.75) is 52.6 Å². The number of hydrogen-bond donors (Lipinski definition) is 2. The highest BCUT2D eigenvalue weighted by molar-refractivity contribution is 6.32. The molecule has 0 fully saturated rings. The first kappa shape index (κ1) is 38.7. The zero-order valence-corrected chi connectivity index (χ0v) is 28.2. The molecule has 2 aromatic heterocycles. The summed E-state index contributed by atoms with van der Waals surface area (Å²) < 4.78 is 85.8. The normalized spacial score (nSPS) is 12.8. The number of halogens is 7. The Kier molecular flexibility index (Phi) is 12.7. The van der Waals surface area contributed by atoms with Gasteiger partial charge in [0.15, 0.2) is 11.8 Å². The lowest BCUT2D eigenvalue weighted by molar-refractivity contribution is 0.0566. The van der Waals surface area contributed by atoms with Gasteiger partial charge >= 0.3 is 12.6 Å². The van der Waals surface area contributed by atoms with Crippen molar-refractivity contribution < 1.29 is 40.7 Å². The molecule has 0 saturated carbocycles. The van der Waals surface area contributed by atoms with E-state index in [1.807, 2.05) is 26.1 Å². The molecule has 0 aliphatic heterocycles. The van der Waals surface area contributed by atoms with Gasteiger partial charge in [0.2, 0.25) is 0 Å². The Morgan fingerprint density at radius 3 is 2.35 bits per heavy atom. The summed E-state index contributed by atoms with van der Waals surface area (Å²) in [4.78, 5) is 35.8. The van der Waals surface area contributed by atoms with Gasteiger partial charge in [-0.15, -0.1) is 0 Å². The van der Waals surface area contributed by atoms with Gasteiger partial charge in [-0.25, -0.2) is 36.7 Å². The summed E-state index contributed by atoms with van der Waals surface area (Å²) in [6, 6.07) is 8.50. The van der Waals surface area contributed by atoms with E-state index in [-0.39, 0.29) is 39.8 Å². The van der Waals surface area contributed by atoms with E-state index in [0.717, 1.165) is 22.1 Å². The van der Waals surface area contributed by atoms with Gasteiger partial charge in [-0.3, -0.25) is 14.7 Å². The summed E-state index contributed by atoms with van der Waals surface area (Å²) in [5.74, 6) is -1.82. The second-order valence-electron chi connectivity index (χ2n) is 12.2. The predicted molar refractivity (Wildman–Crippen MR) is 175 cm³/mol. The Morgan fingerprint density at radius 1 is 1.04 bits per heavy atom. The molecule has 0 saturated heterocycles. The van der Waals surface area contributed by atoms with Gasteiger partial charge in [0.25, 0.3) is 18.8 Å². The number of nitrogens with zero attached hydrogens (tertiary/aromatic N) is 7. The van der Waals surface area contributed by atoms with Crippen molar-refractivity contribution in [3.8, 4) is 16.8 Å². The monoisotopic (exact) mass is 741 g/mol. The number of carbonyl (C=O) groups is 2. The lowest BCUT2D eigenvalue weighted by atomic mass is 9.92. The number of alkyl halides is 6. The number of hydrogen-bond acceptors (Lipinski definition) is 7. The molecule has 0 unspecified atom stereocenters. The van der Waals surface area contributed by atoms with Crippen LogP contribution in [0.4, 0.5) is 31.1 Å². The summed E-state index contributed by atoms with van der Waals surface area (Å²) in [5.41, 5.74) is 7.20. The number of aliphatic imine (C=N–C) groups is 1. The molecular formula is C32H34ClF6N9O3. The van der Waals surface area contributed by atoms with Crippen molar-refractivity contribution >= 4 is 29.6 Å². The molecule has 274 valence electrons. The van der Waals surface area contributed by atoms with E-state index in [2.05, 4.69) is 20.2 Å². The first-order valence-electron chi connectivity index (χ1n) is 15.3. The first-order chi connectivity index (χ1) is 24.1. The van der Waals surface area contributed by atoms with Crippen LogP contribution in [-0.2, 0) is 4.74 Å². The van der Waals surface area contributed by atoms with E-state index in [4.69, 9.17) is 22.1 Å². The SMILES string of the molecule is CC(C)(C)CCN=C(N)N(C(=O)c1ccc(-c2cnn(C(F)F)c2)cc1)[C@H](COC(=O)NCC(F)F)c1ccc(Cl)c(-n2ncnc2C(F)F)c1. The Bertz CT molecular complexity index is 1830. The molecule has 4 aromatic rings. The van der Waals surface area contributed by atoms with E-state index in [0.29, 0.717) is 22.2 Å². The maximum absolute atomic E-state index is 14.3. The average Bonchev–Trinajstić information content (AvgIpc) is 3.76. The third kappa shape index (κ3) is 10.2. The maximum Gasteiger partial charge on any atom is 0.407 e. The Hall–Kier alpha value is -5.13. The summed E-state index contributed by atoms with van der Waals surface area (Å²) in [7, 11) is 0. The third-order valence-corrected chi connectivity index (χ3v) is 7.62. The summed E-state index contributed by atoms with van der Waals surface area (Å²) in [5, 5.41) is 9.34. The molecule has 0 bridgehead atoms. The van der Waals surface area contributed by atoms with Crippen LogP contribution in [0.2, 0.25) is 5.02 Å². The highest BCUT2D eigenvalue weighted by atomic mass is 35.5. The van der Waals surface area contributed by atoms with Gasteiger partial charge in [-0.05, 0) is 47.2 Å². The summed E-state index contributed by atoms with van der Waals surface area (Å²) >= 11 is 6.39. The van der Waals surface area contributed by atoms with Gasteiger partial charge in [0.05, 0.1) is 29.5 Å². The van der Waals surface area contributed by atoms with Crippen LogP contribution in [0.25, 0.3) is 16.8 Å².